The number of hydrogen-bond donors (Lipinski definition) is 1. The normalized spacial score (nSPS) is 17.2. The molecule has 0 spiro atoms. The van der Waals surface area contributed by atoms with Crippen molar-refractivity contribution < 1.29 is 14.3 Å². The summed E-state index contributed by atoms with van der Waals surface area (Å²) in [5, 5.41) is 3.24. The Hall–Kier alpha value is -3.32. The van der Waals surface area contributed by atoms with Gasteiger partial charge >= 0.3 is 0 Å². The second kappa shape index (κ2) is 10.1. The third kappa shape index (κ3) is 4.59. The van der Waals surface area contributed by atoms with Crippen molar-refractivity contribution in [2.24, 2.45) is 0 Å². The molecule has 0 saturated carbocycles. The highest BCUT2D eigenvalue weighted by molar-refractivity contribution is 6.37. The zero-order chi connectivity index (χ0) is 23.4. The topological polar surface area (TPSA) is 65.1 Å². The molecule has 7 nitrogen and oxygen atoms in total. The van der Waals surface area contributed by atoms with Gasteiger partial charge in [-0.15, -0.1) is 0 Å². The van der Waals surface area contributed by atoms with Gasteiger partial charge in [0.25, 0.3) is 11.8 Å². The van der Waals surface area contributed by atoms with Gasteiger partial charge in [-0.1, -0.05) is 32.0 Å². The van der Waals surface area contributed by atoms with Gasteiger partial charge < -0.3 is 19.9 Å². The van der Waals surface area contributed by atoms with Crippen LogP contribution in [-0.2, 0) is 9.59 Å². The molecule has 0 unspecified atom stereocenters. The molecule has 2 aliphatic rings. The van der Waals surface area contributed by atoms with Gasteiger partial charge in [0.15, 0.2) is 0 Å². The summed E-state index contributed by atoms with van der Waals surface area (Å²) in [6.45, 7) is 9.75. The molecule has 2 aromatic carbocycles. The van der Waals surface area contributed by atoms with E-state index in [2.05, 4.69) is 34.2 Å². The molecular weight excluding hydrogens is 416 g/mol. The molecule has 2 amide bonds. The molecule has 2 aromatic rings. The number of carbonyl (C=O) groups is 2. The van der Waals surface area contributed by atoms with Gasteiger partial charge in [-0.3, -0.25) is 14.5 Å². The first-order chi connectivity index (χ1) is 16.1. The van der Waals surface area contributed by atoms with Crippen LogP contribution in [0.15, 0.2) is 54.2 Å². The molecule has 1 fully saturated rings. The zero-order valence-corrected chi connectivity index (χ0v) is 19.6. The lowest BCUT2D eigenvalue weighted by molar-refractivity contribution is -0.136. The maximum Gasteiger partial charge on any atom is 0.278 e. The van der Waals surface area contributed by atoms with E-state index in [0.29, 0.717) is 35.5 Å². The summed E-state index contributed by atoms with van der Waals surface area (Å²) in [6.07, 6.45) is 0.698. The van der Waals surface area contributed by atoms with E-state index < -0.39 is 0 Å². The van der Waals surface area contributed by atoms with E-state index in [-0.39, 0.29) is 11.8 Å². The van der Waals surface area contributed by atoms with Crippen molar-refractivity contribution in [3.8, 4) is 5.75 Å². The molecule has 1 saturated heterocycles. The number of hydrogen-bond acceptors (Lipinski definition) is 6. The highest BCUT2D eigenvalue weighted by Gasteiger charge is 2.39. The van der Waals surface area contributed by atoms with Gasteiger partial charge in [-0.2, -0.15) is 0 Å². The minimum Gasteiger partial charge on any atom is -0.496 e. The molecule has 0 radical (unpaired) electrons. The van der Waals surface area contributed by atoms with E-state index in [4.69, 9.17) is 4.74 Å². The van der Waals surface area contributed by atoms with Gasteiger partial charge in [-0.05, 0) is 43.3 Å². The molecule has 2 heterocycles. The number of piperazine rings is 1. The molecule has 7 heteroatoms. The highest BCUT2D eigenvalue weighted by atomic mass is 16.5. The number of likely N-dealkylation sites (N-methyl/N-ethyl adjacent to an activating group) is 1. The number of para-hydroxylation sites is 1. The van der Waals surface area contributed by atoms with E-state index in [0.717, 1.165) is 44.1 Å². The molecular formula is C26H32N4O3. The third-order valence-corrected chi connectivity index (χ3v) is 6.31. The minimum atomic E-state index is -0.303. The molecule has 0 aliphatic carbocycles. The Balaban J connectivity index is 1.61. The monoisotopic (exact) mass is 448 g/mol. The summed E-state index contributed by atoms with van der Waals surface area (Å²) < 4.78 is 5.48. The van der Waals surface area contributed by atoms with Crippen LogP contribution in [-0.4, -0.2) is 68.0 Å². The van der Waals surface area contributed by atoms with Crippen LogP contribution >= 0.6 is 0 Å². The van der Waals surface area contributed by atoms with Crippen molar-refractivity contribution in [1.29, 1.82) is 0 Å². The van der Waals surface area contributed by atoms with Crippen LogP contribution in [0.5, 0.6) is 5.75 Å². The standard InChI is InChI=1S/C26H32N4O3/c1-4-14-30-25(31)23(21-8-6-7-9-22(21)33-3)24(26(30)32)27-19-10-12-20(13-11-19)29-17-15-28(5-2)16-18-29/h6-13,27H,4-5,14-18H2,1-3H3. The van der Waals surface area contributed by atoms with Crippen molar-refractivity contribution >= 4 is 28.8 Å². The molecule has 4 rings (SSSR count). The van der Waals surface area contributed by atoms with Crippen LogP contribution in [0.25, 0.3) is 5.57 Å². The predicted molar refractivity (Wildman–Crippen MR) is 131 cm³/mol. The smallest absolute Gasteiger partial charge is 0.278 e. The van der Waals surface area contributed by atoms with Crippen molar-refractivity contribution in [2.45, 2.75) is 20.3 Å². The SMILES string of the molecule is CCCN1C(=O)C(Nc2ccc(N3CCN(CC)CC3)cc2)=C(c2ccccc2OC)C1=O. The fraction of sp³-hybridized carbons (Fsp3) is 0.385. The maximum absolute atomic E-state index is 13.2. The Morgan fingerprint density at radius 2 is 1.61 bits per heavy atom. The Morgan fingerprint density at radius 3 is 2.24 bits per heavy atom. The molecule has 174 valence electrons. The number of nitrogens with one attached hydrogen (secondary N) is 1. The second-order valence-electron chi connectivity index (χ2n) is 8.31. The molecule has 1 N–H and O–H groups in total. The summed E-state index contributed by atoms with van der Waals surface area (Å²) in [6, 6.07) is 15.4. The number of ether oxygens (including phenoxy) is 1. The Bertz CT molecular complexity index is 1040. The van der Waals surface area contributed by atoms with E-state index in [9.17, 15) is 9.59 Å². The lowest BCUT2D eigenvalue weighted by Crippen LogP contribution is -2.46. The van der Waals surface area contributed by atoms with Crippen LogP contribution in [0.1, 0.15) is 25.8 Å². The average Bonchev–Trinajstić information content (AvgIpc) is 3.09. The molecule has 0 atom stereocenters. The minimum absolute atomic E-state index is 0.292. The zero-order valence-electron chi connectivity index (χ0n) is 19.6. The van der Waals surface area contributed by atoms with Gasteiger partial charge in [-0.25, -0.2) is 0 Å². The van der Waals surface area contributed by atoms with Crippen LogP contribution in [0.2, 0.25) is 0 Å². The van der Waals surface area contributed by atoms with Crippen molar-refractivity contribution in [2.75, 3.05) is 56.6 Å². The van der Waals surface area contributed by atoms with Crippen LogP contribution in [0.3, 0.4) is 0 Å². The molecule has 0 bridgehead atoms. The lowest BCUT2D eigenvalue weighted by Gasteiger charge is -2.35. The van der Waals surface area contributed by atoms with Crippen LogP contribution < -0.4 is 15.0 Å². The Kier molecular flexibility index (Phi) is 6.99. The van der Waals surface area contributed by atoms with Gasteiger partial charge in [0, 0.05) is 49.7 Å². The summed E-state index contributed by atoms with van der Waals surface area (Å²) in [5.74, 6) is -0.0327. The van der Waals surface area contributed by atoms with Crippen molar-refractivity contribution in [3.63, 3.8) is 0 Å². The van der Waals surface area contributed by atoms with Crippen LogP contribution in [0, 0.1) is 0 Å². The summed E-state index contributed by atoms with van der Waals surface area (Å²) >= 11 is 0. The first-order valence-electron chi connectivity index (χ1n) is 11.7. The van der Waals surface area contributed by atoms with Crippen LogP contribution in [0.4, 0.5) is 11.4 Å². The Morgan fingerprint density at radius 1 is 0.909 bits per heavy atom. The quantitative estimate of drug-likeness (QED) is 0.624. The third-order valence-electron chi connectivity index (χ3n) is 6.31. The molecule has 2 aliphatic heterocycles. The number of imide groups is 1. The predicted octanol–water partition coefficient (Wildman–Crippen LogP) is 3.44. The van der Waals surface area contributed by atoms with E-state index in [1.54, 1.807) is 13.2 Å². The van der Waals surface area contributed by atoms with Gasteiger partial charge in [0.05, 0.1) is 12.7 Å². The van der Waals surface area contributed by atoms with E-state index in [1.807, 2.05) is 37.3 Å². The average molecular weight is 449 g/mol. The largest absolute Gasteiger partial charge is 0.496 e. The first kappa shape index (κ1) is 22.9. The number of amides is 2. The fourth-order valence-electron chi connectivity index (χ4n) is 4.44. The summed E-state index contributed by atoms with van der Waals surface area (Å²) in [4.78, 5) is 32.6. The highest BCUT2D eigenvalue weighted by Crippen LogP contribution is 2.35. The number of anilines is 2. The number of nitrogens with zero attached hydrogens (tertiary/aromatic N) is 3. The van der Waals surface area contributed by atoms with Gasteiger partial charge in [0.2, 0.25) is 0 Å². The molecule has 0 aromatic heterocycles. The number of methoxy groups -OCH3 is 1. The van der Waals surface area contributed by atoms with Crippen molar-refractivity contribution in [1.82, 2.24) is 9.80 Å². The lowest BCUT2D eigenvalue weighted by atomic mass is 10.0. The Labute approximate surface area is 195 Å². The van der Waals surface area contributed by atoms with Crippen molar-refractivity contribution in [3.05, 3.63) is 59.8 Å². The maximum atomic E-state index is 13.2. The molecule has 33 heavy (non-hydrogen) atoms. The first-order valence-corrected chi connectivity index (χ1v) is 11.7. The number of rotatable bonds is 8. The second-order valence-corrected chi connectivity index (χ2v) is 8.31. The van der Waals surface area contributed by atoms with E-state index >= 15 is 0 Å². The fourth-order valence-corrected chi connectivity index (χ4v) is 4.44. The summed E-state index contributed by atoms with van der Waals surface area (Å²) in [7, 11) is 1.57. The number of benzene rings is 2. The van der Waals surface area contributed by atoms with Gasteiger partial charge in [0.1, 0.15) is 11.4 Å². The number of carbonyl (C=O) groups excluding carboxylic acids is 2. The summed E-state index contributed by atoms with van der Waals surface area (Å²) in [5.41, 5.74) is 3.20. The van der Waals surface area contributed by atoms with E-state index in [1.165, 1.54) is 4.90 Å².